The molecule has 0 amide bonds. The lowest BCUT2D eigenvalue weighted by Gasteiger charge is -2.40. The third kappa shape index (κ3) is 5.80. The topological polar surface area (TPSA) is 141 Å². The molecule has 0 spiro atoms. The first-order chi connectivity index (χ1) is 18.8. The molecule has 1 atom stereocenters. The van der Waals surface area contributed by atoms with E-state index in [9.17, 15) is 10.1 Å². The third-order valence-corrected chi connectivity index (χ3v) is 7.39. The van der Waals surface area contributed by atoms with Gasteiger partial charge in [-0.3, -0.25) is 9.89 Å². The summed E-state index contributed by atoms with van der Waals surface area (Å²) >= 11 is 0. The van der Waals surface area contributed by atoms with Gasteiger partial charge in [0.25, 0.3) is 0 Å². The molecule has 1 aliphatic heterocycles. The lowest BCUT2D eigenvalue weighted by Crippen LogP contribution is -2.45. The SMILES string of the molecule is Cc1cc(Nc2cc(C)[nH]n2)nc(N2CCC(CC#N)(C(=O)C[C@@H](C)c3ccc(-n4cccn4)nc3)CC2)n1. The van der Waals surface area contributed by atoms with Gasteiger partial charge in [-0.15, -0.1) is 0 Å². The molecule has 1 aliphatic rings. The van der Waals surface area contributed by atoms with Gasteiger partial charge in [-0.05, 0) is 50.3 Å². The average Bonchev–Trinajstić information content (AvgIpc) is 3.61. The molecule has 0 radical (unpaired) electrons. The molecule has 39 heavy (non-hydrogen) atoms. The van der Waals surface area contributed by atoms with E-state index in [1.165, 1.54) is 0 Å². The summed E-state index contributed by atoms with van der Waals surface area (Å²) in [7, 11) is 0. The number of pyridine rings is 1. The van der Waals surface area contributed by atoms with Crippen LogP contribution < -0.4 is 10.2 Å². The van der Waals surface area contributed by atoms with Gasteiger partial charge in [-0.1, -0.05) is 13.0 Å². The van der Waals surface area contributed by atoms with Gasteiger partial charge in [-0.2, -0.15) is 20.4 Å². The molecule has 0 aliphatic carbocycles. The van der Waals surface area contributed by atoms with Gasteiger partial charge in [0.15, 0.2) is 11.6 Å². The van der Waals surface area contributed by atoms with Crippen LogP contribution in [0.1, 0.15) is 55.5 Å². The second-order valence-electron chi connectivity index (χ2n) is 10.3. The van der Waals surface area contributed by atoms with Crippen molar-refractivity contribution in [2.75, 3.05) is 23.3 Å². The van der Waals surface area contributed by atoms with Crippen molar-refractivity contribution in [2.24, 2.45) is 5.41 Å². The molecular formula is C28H32N10O. The fraction of sp³-hybridized carbons (Fsp3) is 0.393. The van der Waals surface area contributed by atoms with E-state index in [1.807, 2.05) is 57.3 Å². The normalized spacial score (nSPS) is 15.5. The fourth-order valence-corrected chi connectivity index (χ4v) is 5.05. The fourth-order valence-electron chi connectivity index (χ4n) is 5.05. The molecule has 5 rings (SSSR count). The molecule has 4 aromatic rings. The van der Waals surface area contributed by atoms with Gasteiger partial charge in [0.05, 0.1) is 6.07 Å². The van der Waals surface area contributed by atoms with Crippen molar-refractivity contribution >= 4 is 23.4 Å². The zero-order valence-electron chi connectivity index (χ0n) is 22.4. The highest BCUT2D eigenvalue weighted by Gasteiger charge is 2.41. The smallest absolute Gasteiger partial charge is 0.227 e. The Balaban J connectivity index is 1.25. The summed E-state index contributed by atoms with van der Waals surface area (Å²) in [4.78, 5) is 29.6. The molecule has 1 saturated heterocycles. The van der Waals surface area contributed by atoms with Gasteiger partial charge in [0, 0.05) is 73.5 Å². The molecular weight excluding hydrogens is 492 g/mol. The number of H-pyrrole nitrogens is 1. The number of carbonyl (C=O) groups is 1. The van der Waals surface area contributed by atoms with E-state index in [1.54, 1.807) is 17.1 Å². The number of nitriles is 1. The Labute approximate surface area is 227 Å². The summed E-state index contributed by atoms with van der Waals surface area (Å²) in [6, 6.07) is 11.8. The van der Waals surface area contributed by atoms with Crippen LogP contribution >= 0.6 is 0 Å². The second-order valence-corrected chi connectivity index (χ2v) is 10.3. The minimum Gasteiger partial charge on any atom is -0.341 e. The summed E-state index contributed by atoms with van der Waals surface area (Å²) in [6.45, 7) is 7.11. The second kappa shape index (κ2) is 11.0. The van der Waals surface area contributed by atoms with Crippen molar-refractivity contribution < 1.29 is 4.79 Å². The molecule has 4 aromatic heterocycles. The van der Waals surface area contributed by atoms with Crippen molar-refractivity contribution in [1.29, 1.82) is 5.26 Å². The lowest BCUT2D eigenvalue weighted by molar-refractivity contribution is -0.130. The molecule has 200 valence electrons. The molecule has 0 bridgehead atoms. The first-order valence-electron chi connectivity index (χ1n) is 13.1. The Bertz CT molecular complexity index is 1460. The Hall–Kier alpha value is -4.59. The molecule has 1 fully saturated rings. The number of rotatable bonds is 9. The number of anilines is 3. The maximum Gasteiger partial charge on any atom is 0.227 e. The van der Waals surface area contributed by atoms with Crippen LogP contribution in [0.25, 0.3) is 5.82 Å². The predicted octanol–water partition coefficient (Wildman–Crippen LogP) is 4.40. The maximum atomic E-state index is 13.6. The summed E-state index contributed by atoms with van der Waals surface area (Å²) in [5, 5.41) is 24.2. The maximum absolute atomic E-state index is 13.6. The van der Waals surface area contributed by atoms with Crippen molar-refractivity contribution in [3.05, 3.63) is 65.9 Å². The number of aromatic nitrogens is 7. The first-order valence-corrected chi connectivity index (χ1v) is 13.1. The highest BCUT2D eigenvalue weighted by molar-refractivity contribution is 5.86. The van der Waals surface area contributed by atoms with E-state index in [2.05, 4.69) is 41.5 Å². The average molecular weight is 525 g/mol. The Morgan fingerprint density at radius 2 is 2.03 bits per heavy atom. The lowest BCUT2D eigenvalue weighted by atomic mass is 9.70. The van der Waals surface area contributed by atoms with Crippen LogP contribution in [0.4, 0.5) is 17.6 Å². The Morgan fingerprint density at radius 1 is 1.21 bits per heavy atom. The molecule has 11 heteroatoms. The highest BCUT2D eigenvalue weighted by Crippen LogP contribution is 2.39. The number of ketones is 1. The number of aryl methyl sites for hydroxylation is 2. The number of hydrogen-bond acceptors (Lipinski definition) is 9. The number of Topliss-reactive ketones (excluding diaryl/α,β-unsaturated/α-hetero) is 1. The largest absolute Gasteiger partial charge is 0.341 e. The molecule has 2 N–H and O–H groups in total. The van der Waals surface area contributed by atoms with E-state index >= 15 is 0 Å². The van der Waals surface area contributed by atoms with Crippen molar-refractivity contribution in [2.45, 2.75) is 52.4 Å². The van der Waals surface area contributed by atoms with Crippen LogP contribution in [0, 0.1) is 30.6 Å². The van der Waals surface area contributed by atoms with E-state index in [-0.39, 0.29) is 18.1 Å². The Morgan fingerprint density at radius 3 is 2.67 bits per heavy atom. The number of nitrogens with one attached hydrogen (secondary N) is 2. The summed E-state index contributed by atoms with van der Waals surface area (Å²) in [5.74, 6) is 2.81. The monoisotopic (exact) mass is 524 g/mol. The number of hydrogen-bond donors (Lipinski definition) is 2. The molecule has 0 aromatic carbocycles. The summed E-state index contributed by atoms with van der Waals surface area (Å²) in [5.41, 5.74) is 2.11. The van der Waals surface area contributed by atoms with Crippen LogP contribution in [0.5, 0.6) is 0 Å². The molecule has 0 unspecified atom stereocenters. The zero-order chi connectivity index (χ0) is 27.4. The molecule has 0 saturated carbocycles. The minimum absolute atomic E-state index is 0.00955. The summed E-state index contributed by atoms with van der Waals surface area (Å²) in [6.07, 6.45) is 7.10. The molecule has 11 nitrogen and oxygen atoms in total. The first kappa shape index (κ1) is 26.0. The van der Waals surface area contributed by atoms with Gasteiger partial charge in [-0.25, -0.2) is 14.6 Å². The number of nitrogens with zero attached hydrogens (tertiary/aromatic N) is 8. The van der Waals surface area contributed by atoms with E-state index in [4.69, 9.17) is 4.98 Å². The van der Waals surface area contributed by atoms with Crippen LogP contribution in [0.2, 0.25) is 0 Å². The van der Waals surface area contributed by atoms with Crippen LogP contribution in [0.15, 0.2) is 48.9 Å². The van der Waals surface area contributed by atoms with Gasteiger partial charge in [0.2, 0.25) is 5.95 Å². The van der Waals surface area contributed by atoms with Crippen molar-refractivity contribution in [3.63, 3.8) is 0 Å². The van der Waals surface area contributed by atoms with Gasteiger partial charge in [0.1, 0.15) is 11.6 Å². The summed E-state index contributed by atoms with van der Waals surface area (Å²) < 4.78 is 1.70. The Kier molecular flexibility index (Phi) is 7.36. The van der Waals surface area contributed by atoms with E-state index in [0.29, 0.717) is 49.9 Å². The van der Waals surface area contributed by atoms with Crippen molar-refractivity contribution in [1.82, 2.24) is 34.9 Å². The van der Waals surface area contributed by atoms with Crippen LogP contribution in [0.3, 0.4) is 0 Å². The standard InChI is InChI=1S/C28H32N10O/c1-19(22-5-6-26(30-18-22)38-12-4-11-31-38)15-23(39)28(7-10-29)8-13-37(14-9-28)27-32-20(2)16-24(34-27)33-25-17-21(3)35-36-25/h4-6,11-12,16-19H,7-9,13-15H2,1-3H3,(H2,32,33,34,35,36)/t19-/m1/s1. The molecule has 5 heterocycles. The van der Waals surface area contributed by atoms with Crippen LogP contribution in [-0.2, 0) is 4.79 Å². The van der Waals surface area contributed by atoms with Crippen LogP contribution in [-0.4, -0.2) is 53.8 Å². The van der Waals surface area contributed by atoms with Gasteiger partial charge >= 0.3 is 0 Å². The number of aromatic amines is 1. The highest BCUT2D eigenvalue weighted by atomic mass is 16.1. The zero-order valence-corrected chi connectivity index (χ0v) is 22.4. The quantitative estimate of drug-likeness (QED) is 0.326. The predicted molar refractivity (Wildman–Crippen MR) is 147 cm³/mol. The third-order valence-electron chi connectivity index (χ3n) is 7.39. The number of carbonyl (C=O) groups excluding carboxylic acids is 1. The van der Waals surface area contributed by atoms with E-state index < -0.39 is 5.41 Å². The van der Waals surface area contributed by atoms with Gasteiger partial charge < -0.3 is 10.2 Å². The van der Waals surface area contributed by atoms with E-state index in [0.717, 1.165) is 22.8 Å². The minimum atomic E-state index is -0.667. The van der Waals surface area contributed by atoms with Crippen molar-refractivity contribution in [3.8, 4) is 11.9 Å². The number of piperidine rings is 1.